The molecule has 0 spiro atoms. The minimum atomic E-state index is 0.0164. The van der Waals surface area contributed by atoms with Crippen molar-refractivity contribution in [2.45, 2.75) is 20.8 Å². The van der Waals surface area contributed by atoms with Crippen LogP contribution in [-0.2, 0) is 0 Å². The Morgan fingerprint density at radius 1 is 1.00 bits per heavy atom. The summed E-state index contributed by atoms with van der Waals surface area (Å²) in [4.78, 5) is 14.8. The van der Waals surface area contributed by atoms with Crippen LogP contribution in [0.5, 0.6) is 0 Å². The number of carbonyl (C=O) groups is 1. The van der Waals surface area contributed by atoms with E-state index in [-0.39, 0.29) is 5.91 Å². The maximum atomic E-state index is 13.0. The van der Waals surface area contributed by atoms with Gasteiger partial charge in [-0.2, -0.15) is 5.10 Å². The van der Waals surface area contributed by atoms with E-state index in [1.165, 1.54) is 5.56 Å². The predicted octanol–water partition coefficient (Wildman–Crippen LogP) is 4.33. The molecule has 4 nitrogen and oxygen atoms in total. The first-order chi connectivity index (χ1) is 12.1. The highest BCUT2D eigenvalue weighted by molar-refractivity contribution is 6.00. The van der Waals surface area contributed by atoms with Crippen molar-refractivity contribution in [3.05, 3.63) is 71.9 Å². The monoisotopic (exact) mass is 333 g/mol. The van der Waals surface area contributed by atoms with E-state index >= 15 is 0 Å². The van der Waals surface area contributed by atoms with Crippen molar-refractivity contribution in [1.82, 2.24) is 14.7 Å². The molecule has 0 fully saturated rings. The topological polar surface area (TPSA) is 38.1 Å². The SMILES string of the molecule is CCN(CC)C(=O)c1cn(-c2ccccc2)nc1-c1ccc(C)cc1. The normalized spacial score (nSPS) is 10.7. The Labute approximate surface area is 148 Å². The van der Waals surface area contributed by atoms with Crippen molar-refractivity contribution in [2.24, 2.45) is 0 Å². The van der Waals surface area contributed by atoms with Gasteiger partial charge in [0.2, 0.25) is 0 Å². The second kappa shape index (κ2) is 7.34. The summed E-state index contributed by atoms with van der Waals surface area (Å²) in [7, 11) is 0. The summed E-state index contributed by atoms with van der Waals surface area (Å²) < 4.78 is 1.78. The van der Waals surface area contributed by atoms with Crippen molar-refractivity contribution in [1.29, 1.82) is 0 Å². The first-order valence-corrected chi connectivity index (χ1v) is 8.65. The van der Waals surface area contributed by atoms with Crippen LogP contribution in [0.25, 0.3) is 16.9 Å². The van der Waals surface area contributed by atoms with Gasteiger partial charge in [-0.15, -0.1) is 0 Å². The fourth-order valence-corrected chi connectivity index (χ4v) is 2.85. The third kappa shape index (κ3) is 3.48. The first-order valence-electron chi connectivity index (χ1n) is 8.65. The molecular formula is C21H23N3O. The van der Waals surface area contributed by atoms with E-state index in [1.807, 2.05) is 86.5 Å². The Morgan fingerprint density at radius 2 is 1.64 bits per heavy atom. The van der Waals surface area contributed by atoms with Crippen molar-refractivity contribution in [3.8, 4) is 16.9 Å². The molecule has 0 radical (unpaired) electrons. The largest absolute Gasteiger partial charge is 0.339 e. The molecule has 0 aliphatic rings. The van der Waals surface area contributed by atoms with E-state index in [1.54, 1.807) is 4.68 Å². The summed E-state index contributed by atoms with van der Waals surface area (Å²) in [5.41, 5.74) is 4.44. The van der Waals surface area contributed by atoms with E-state index in [4.69, 9.17) is 5.10 Å². The van der Waals surface area contributed by atoms with Crippen LogP contribution in [0, 0.1) is 6.92 Å². The van der Waals surface area contributed by atoms with Crippen LogP contribution in [0.15, 0.2) is 60.8 Å². The van der Waals surface area contributed by atoms with E-state index < -0.39 is 0 Å². The highest BCUT2D eigenvalue weighted by Crippen LogP contribution is 2.25. The Bertz CT molecular complexity index is 847. The second-order valence-electron chi connectivity index (χ2n) is 6.01. The molecule has 0 unspecified atom stereocenters. The zero-order valence-corrected chi connectivity index (χ0v) is 14.9. The number of rotatable bonds is 5. The number of aromatic nitrogens is 2. The molecule has 0 N–H and O–H groups in total. The average molecular weight is 333 g/mol. The van der Waals surface area contributed by atoms with Gasteiger partial charge in [-0.05, 0) is 32.9 Å². The maximum absolute atomic E-state index is 13.0. The molecule has 25 heavy (non-hydrogen) atoms. The van der Waals surface area contributed by atoms with E-state index in [0.717, 1.165) is 16.9 Å². The van der Waals surface area contributed by atoms with Gasteiger partial charge in [-0.1, -0.05) is 48.0 Å². The third-order valence-electron chi connectivity index (χ3n) is 4.34. The lowest BCUT2D eigenvalue weighted by Crippen LogP contribution is -2.30. The zero-order chi connectivity index (χ0) is 17.8. The second-order valence-corrected chi connectivity index (χ2v) is 6.01. The maximum Gasteiger partial charge on any atom is 0.257 e. The summed E-state index contributed by atoms with van der Waals surface area (Å²) in [5.74, 6) is 0.0164. The smallest absolute Gasteiger partial charge is 0.257 e. The van der Waals surface area contributed by atoms with Crippen molar-refractivity contribution in [3.63, 3.8) is 0 Å². The van der Waals surface area contributed by atoms with E-state index in [2.05, 4.69) is 0 Å². The Balaban J connectivity index is 2.12. The molecule has 0 bridgehead atoms. The Morgan fingerprint density at radius 3 is 2.24 bits per heavy atom. The molecule has 1 heterocycles. The molecule has 128 valence electrons. The fourth-order valence-electron chi connectivity index (χ4n) is 2.85. The minimum absolute atomic E-state index is 0.0164. The summed E-state index contributed by atoms with van der Waals surface area (Å²) >= 11 is 0. The molecule has 1 amide bonds. The van der Waals surface area contributed by atoms with Gasteiger partial charge in [-0.25, -0.2) is 4.68 Å². The van der Waals surface area contributed by atoms with Crippen LogP contribution >= 0.6 is 0 Å². The molecule has 4 heteroatoms. The number of aryl methyl sites for hydroxylation is 1. The summed E-state index contributed by atoms with van der Waals surface area (Å²) in [6.07, 6.45) is 1.84. The quantitative estimate of drug-likeness (QED) is 0.697. The van der Waals surface area contributed by atoms with Gasteiger partial charge < -0.3 is 4.90 Å². The summed E-state index contributed by atoms with van der Waals surface area (Å²) in [5, 5.41) is 4.72. The van der Waals surface area contributed by atoms with Crippen molar-refractivity contribution >= 4 is 5.91 Å². The zero-order valence-electron chi connectivity index (χ0n) is 14.9. The lowest BCUT2D eigenvalue weighted by atomic mass is 10.1. The number of nitrogens with zero attached hydrogens (tertiary/aromatic N) is 3. The predicted molar refractivity (Wildman–Crippen MR) is 101 cm³/mol. The average Bonchev–Trinajstić information content (AvgIpc) is 3.09. The van der Waals surface area contributed by atoms with Crippen LogP contribution < -0.4 is 0 Å². The number of benzene rings is 2. The van der Waals surface area contributed by atoms with Crippen molar-refractivity contribution < 1.29 is 4.79 Å². The molecule has 0 saturated carbocycles. The third-order valence-corrected chi connectivity index (χ3v) is 4.34. The van der Waals surface area contributed by atoms with Gasteiger partial charge in [0.15, 0.2) is 0 Å². The van der Waals surface area contributed by atoms with Gasteiger partial charge in [0.05, 0.1) is 11.3 Å². The van der Waals surface area contributed by atoms with Gasteiger partial charge in [0.1, 0.15) is 5.69 Å². The standard InChI is InChI=1S/C21H23N3O/c1-4-23(5-2)21(25)19-15-24(18-9-7-6-8-10-18)22-20(19)17-13-11-16(3)12-14-17/h6-15H,4-5H2,1-3H3. The molecule has 0 aliphatic heterocycles. The van der Waals surface area contributed by atoms with Gasteiger partial charge in [-0.3, -0.25) is 4.79 Å². The molecule has 0 aliphatic carbocycles. The van der Waals surface area contributed by atoms with Crippen LogP contribution in [0.1, 0.15) is 29.8 Å². The van der Waals surface area contributed by atoms with Crippen LogP contribution in [-0.4, -0.2) is 33.7 Å². The van der Waals surface area contributed by atoms with Crippen LogP contribution in [0.3, 0.4) is 0 Å². The summed E-state index contributed by atoms with van der Waals surface area (Å²) in [6, 6.07) is 18.0. The molecule has 3 rings (SSSR count). The van der Waals surface area contributed by atoms with Crippen molar-refractivity contribution in [2.75, 3.05) is 13.1 Å². The summed E-state index contributed by atoms with van der Waals surface area (Å²) in [6.45, 7) is 7.40. The molecule has 1 aromatic heterocycles. The first kappa shape index (κ1) is 17.0. The number of carbonyl (C=O) groups excluding carboxylic acids is 1. The number of para-hydroxylation sites is 1. The van der Waals surface area contributed by atoms with Crippen LogP contribution in [0.4, 0.5) is 0 Å². The van der Waals surface area contributed by atoms with E-state index in [9.17, 15) is 4.79 Å². The Hall–Kier alpha value is -2.88. The Kier molecular flexibility index (Phi) is 4.98. The highest BCUT2D eigenvalue weighted by atomic mass is 16.2. The number of amides is 1. The van der Waals surface area contributed by atoms with E-state index in [0.29, 0.717) is 18.7 Å². The molecule has 3 aromatic rings. The van der Waals surface area contributed by atoms with Gasteiger partial charge >= 0.3 is 0 Å². The molecule has 0 atom stereocenters. The van der Waals surface area contributed by atoms with Crippen LogP contribution in [0.2, 0.25) is 0 Å². The number of hydrogen-bond acceptors (Lipinski definition) is 2. The lowest BCUT2D eigenvalue weighted by molar-refractivity contribution is 0.0773. The van der Waals surface area contributed by atoms with Gasteiger partial charge in [0.25, 0.3) is 5.91 Å². The van der Waals surface area contributed by atoms with Gasteiger partial charge in [0, 0.05) is 24.8 Å². The molecule has 2 aromatic carbocycles. The lowest BCUT2D eigenvalue weighted by Gasteiger charge is -2.18. The minimum Gasteiger partial charge on any atom is -0.339 e. The molecular weight excluding hydrogens is 310 g/mol. The fraction of sp³-hybridized carbons (Fsp3) is 0.238. The molecule has 0 saturated heterocycles. The number of hydrogen-bond donors (Lipinski definition) is 0. The highest BCUT2D eigenvalue weighted by Gasteiger charge is 2.21.